The molecule has 33 heavy (non-hydrogen) atoms. The van der Waals surface area contributed by atoms with Crippen molar-refractivity contribution in [3.63, 3.8) is 0 Å². The summed E-state index contributed by atoms with van der Waals surface area (Å²) < 4.78 is 1.15. The first-order valence-electron chi connectivity index (χ1n) is 11.0. The van der Waals surface area contributed by atoms with E-state index in [1.54, 1.807) is 11.3 Å². The fourth-order valence-electron chi connectivity index (χ4n) is 4.54. The highest BCUT2D eigenvalue weighted by atomic mass is 32.1. The Balaban J connectivity index is 1.34. The van der Waals surface area contributed by atoms with Gasteiger partial charge >= 0.3 is 0 Å². The van der Waals surface area contributed by atoms with Crippen molar-refractivity contribution in [1.29, 1.82) is 5.26 Å². The number of hydrogen-bond donors (Lipinski definition) is 0. The number of nitrogens with zero attached hydrogens (tertiary/aromatic N) is 2. The molecule has 2 aliphatic carbocycles. The minimum absolute atomic E-state index is 0.471. The topological polar surface area (TPSA) is 36.7 Å². The van der Waals surface area contributed by atoms with E-state index in [9.17, 15) is 5.26 Å². The van der Waals surface area contributed by atoms with E-state index in [4.69, 9.17) is 4.98 Å². The predicted octanol–water partition coefficient (Wildman–Crippen LogP) is 7.96. The third-order valence-corrected chi connectivity index (χ3v) is 7.37. The molecule has 0 saturated carbocycles. The highest BCUT2D eigenvalue weighted by Gasteiger charge is 2.18. The summed E-state index contributed by atoms with van der Waals surface area (Å²) in [5.74, 6) is 0.471. The molecule has 0 fully saturated rings. The summed E-state index contributed by atoms with van der Waals surface area (Å²) >= 11 is 1.66. The molecule has 0 aliphatic heterocycles. The van der Waals surface area contributed by atoms with Crippen molar-refractivity contribution in [2.24, 2.45) is 5.92 Å². The molecule has 2 nitrogen and oxygen atoms in total. The number of fused-ring (bicyclic) bond motifs is 2. The van der Waals surface area contributed by atoms with Crippen LogP contribution in [0.2, 0.25) is 0 Å². The largest absolute Gasteiger partial charge is 0.236 e. The van der Waals surface area contributed by atoms with Crippen LogP contribution in [0.5, 0.6) is 0 Å². The van der Waals surface area contributed by atoms with Crippen LogP contribution >= 0.6 is 11.3 Å². The Kier molecular flexibility index (Phi) is 4.87. The molecule has 1 atom stereocenters. The van der Waals surface area contributed by atoms with E-state index in [0.717, 1.165) is 38.3 Å². The average molecular weight is 441 g/mol. The van der Waals surface area contributed by atoms with Crippen LogP contribution in [-0.4, -0.2) is 4.98 Å². The van der Waals surface area contributed by atoms with E-state index in [-0.39, 0.29) is 0 Å². The van der Waals surface area contributed by atoms with Crippen LogP contribution in [0.4, 0.5) is 0 Å². The molecule has 2 aliphatic rings. The first-order chi connectivity index (χ1) is 16.3. The Morgan fingerprint density at radius 1 is 0.848 bits per heavy atom. The fraction of sp³-hybridized carbons (Fsp3) is 0.0667. The van der Waals surface area contributed by atoms with E-state index >= 15 is 0 Å². The lowest BCUT2D eigenvalue weighted by Gasteiger charge is -2.22. The Labute approximate surface area is 197 Å². The van der Waals surface area contributed by atoms with Crippen LogP contribution in [0, 0.1) is 17.2 Å². The number of aromatic nitrogens is 1. The van der Waals surface area contributed by atoms with Gasteiger partial charge in [-0.05, 0) is 64.6 Å². The maximum absolute atomic E-state index is 9.64. The Morgan fingerprint density at radius 3 is 2.52 bits per heavy atom. The maximum Gasteiger partial charge on any atom is 0.124 e. The predicted molar refractivity (Wildman–Crippen MR) is 138 cm³/mol. The smallest absolute Gasteiger partial charge is 0.124 e. The van der Waals surface area contributed by atoms with Gasteiger partial charge in [0.15, 0.2) is 0 Å². The molecule has 0 bridgehead atoms. The molecule has 1 unspecified atom stereocenters. The molecular weight excluding hydrogens is 420 g/mol. The molecular formula is C30H20N2S. The van der Waals surface area contributed by atoms with E-state index in [0.29, 0.717) is 11.5 Å². The lowest BCUT2D eigenvalue weighted by molar-refractivity contribution is 0.793. The van der Waals surface area contributed by atoms with Gasteiger partial charge in [0.05, 0.1) is 21.8 Å². The second-order valence-electron chi connectivity index (χ2n) is 8.39. The highest BCUT2D eigenvalue weighted by molar-refractivity contribution is 7.21. The lowest BCUT2D eigenvalue weighted by Crippen LogP contribution is -2.06. The molecule has 1 aromatic heterocycles. The van der Waals surface area contributed by atoms with E-state index in [2.05, 4.69) is 78.9 Å². The van der Waals surface area contributed by atoms with Crippen molar-refractivity contribution in [2.45, 2.75) is 6.42 Å². The molecule has 3 heteroatoms. The first-order valence-corrected chi connectivity index (χ1v) is 11.9. The molecule has 0 amide bonds. The molecule has 0 N–H and O–H groups in total. The minimum Gasteiger partial charge on any atom is -0.236 e. The van der Waals surface area contributed by atoms with Crippen LogP contribution in [0.3, 0.4) is 0 Å². The van der Waals surface area contributed by atoms with Crippen LogP contribution in [-0.2, 0) is 0 Å². The van der Waals surface area contributed by atoms with Gasteiger partial charge in [-0.2, -0.15) is 5.26 Å². The quantitative estimate of drug-likeness (QED) is 0.324. The summed E-state index contributed by atoms with van der Waals surface area (Å²) in [5, 5.41) is 10.6. The summed E-state index contributed by atoms with van der Waals surface area (Å²) in [7, 11) is 0. The van der Waals surface area contributed by atoms with Crippen LogP contribution in [0.25, 0.3) is 37.5 Å². The monoisotopic (exact) mass is 440 g/mol. The van der Waals surface area contributed by atoms with Crippen molar-refractivity contribution < 1.29 is 0 Å². The zero-order valence-corrected chi connectivity index (χ0v) is 18.7. The van der Waals surface area contributed by atoms with Crippen molar-refractivity contribution >= 4 is 27.1 Å². The first kappa shape index (κ1) is 19.7. The van der Waals surface area contributed by atoms with Crippen LogP contribution < -0.4 is 0 Å². The normalized spacial score (nSPS) is 16.8. The molecule has 4 aromatic rings. The van der Waals surface area contributed by atoms with Crippen molar-refractivity contribution in [3.05, 3.63) is 120 Å². The number of hydrogen-bond acceptors (Lipinski definition) is 3. The zero-order chi connectivity index (χ0) is 22.2. The molecule has 1 heterocycles. The third kappa shape index (κ3) is 3.75. The standard InChI is InChI=1S/C30H20N2S/c31-19-20-15-26(18-27(16-20)30-32-28-7-3-4-8-29(28)33-30)23-11-9-22(10-12-23)25-14-13-21-5-1-2-6-24(21)17-25/h1-16,18,24H,17H2. The van der Waals surface area contributed by atoms with Gasteiger partial charge in [-0.15, -0.1) is 11.3 Å². The zero-order valence-electron chi connectivity index (χ0n) is 17.9. The summed E-state index contributed by atoms with van der Waals surface area (Å²) in [6.07, 6.45) is 14.2. The van der Waals surface area contributed by atoms with Gasteiger partial charge in [0.1, 0.15) is 5.01 Å². The van der Waals surface area contributed by atoms with Gasteiger partial charge in [0, 0.05) is 11.5 Å². The Hall–Kier alpha value is -4.00. The number of rotatable bonds is 3. The summed E-state index contributed by atoms with van der Waals surface area (Å²) in [4.78, 5) is 4.79. The van der Waals surface area contributed by atoms with Gasteiger partial charge in [-0.3, -0.25) is 0 Å². The van der Waals surface area contributed by atoms with E-state index in [1.165, 1.54) is 16.7 Å². The number of thiazole rings is 1. The second-order valence-corrected chi connectivity index (χ2v) is 9.42. The Morgan fingerprint density at radius 2 is 1.67 bits per heavy atom. The maximum atomic E-state index is 9.64. The second kappa shape index (κ2) is 8.16. The molecule has 3 aromatic carbocycles. The number of benzene rings is 3. The number of para-hydroxylation sites is 1. The van der Waals surface area contributed by atoms with Gasteiger partial charge in [-0.1, -0.05) is 72.9 Å². The SMILES string of the molecule is N#Cc1cc(-c2ccc(C3=CC=C4C=CC=CC4C3)cc2)cc(-c2nc3ccccc3s2)c1. The summed E-state index contributed by atoms with van der Waals surface area (Å²) in [6.45, 7) is 0. The summed E-state index contributed by atoms with van der Waals surface area (Å²) in [5.41, 5.74) is 8.76. The van der Waals surface area contributed by atoms with Gasteiger partial charge < -0.3 is 0 Å². The minimum atomic E-state index is 0.471. The van der Waals surface area contributed by atoms with Crippen LogP contribution in [0.15, 0.2) is 109 Å². The van der Waals surface area contributed by atoms with Gasteiger partial charge in [-0.25, -0.2) is 4.98 Å². The molecule has 6 rings (SSSR count). The van der Waals surface area contributed by atoms with Crippen molar-refractivity contribution in [1.82, 2.24) is 4.98 Å². The molecule has 0 spiro atoms. The van der Waals surface area contributed by atoms with E-state index in [1.807, 2.05) is 30.3 Å². The highest BCUT2D eigenvalue weighted by Crippen LogP contribution is 2.36. The number of allylic oxidation sites excluding steroid dienone is 8. The van der Waals surface area contributed by atoms with Crippen molar-refractivity contribution in [2.75, 3.05) is 0 Å². The molecule has 0 saturated heterocycles. The van der Waals surface area contributed by atoms with Crippen LogP contribution in [0.1, 0.15) is 17.5 Å². The van der Waals surface area contributed by atoms with Gasteiger partial charge in [0.2, 0.25) is 0 Å². The fourth-order valence-corrected chi connectivity index (χ4v) is 5.49. The van der Waals surface area contributed by atoms with Crippen molar-refractivity contribution in [3.8, 4) is 27.8 Å². The molecule has 156 valence electrons. The lowest BCUT2D eigenvalue weighted by atomic mass is 9.82. The van der Waals surface area contributed by atoms with E-state index < -0.39 is 0 Å². The molecule has 0 radical (unpaired) electrons. The number of nitriles is 1. The van der Waals surface area contributed by atoms with Gasteiger partial charge in [0.25, 0.3) is 0 Å². The summed E-state index contributed by atoms with van der Waals surface area (Å²) in [6, 6.07) is 25.2. The average Bonchev–Trinajstić information content (AvgIpc) is 3.33. The Bertz CT molecular complexity index is 1510. The third-order valence-electron chi connectivity index (χ3n) is 6.28.